The van der Waals surface area contributed by atoms with Crippen LogP contribution in [0.4, 0.5) is 0 Å². The van der Waals surface area contributed by atoms with Crippen molar-refractivity contribution in [1.82, 2.24) is 0 Å². The van der Waals surface area contributed by atoms with Crippen LogP contribution in [0.2, 0.25) is 0 Å². The number of nitrogens with two attached hydrogens (primary N) is 1. The van der Waals surface area contributed by atoms with Crippen molar-refractivity contribution >= 4 is 0 Å². The number of ether oxygens (including phenoxy) is 1. The van der Waals surface area contributed by atoms with Crippen molar-refractivity contribution in [2.45, 2.75) is 44.6 Å². The zero-order chi connectivity index (χ0) is 11.4. The van der Waals surface area contributed by atoms with Crippen molar-refractivity contribution in [2.24, 2.45) is 5.73 Å². The molecule has 1 aliphatic carbocycles. The summed E-state index contributed by atoms with van der Waals surface area (Å²) in [5.41, 5.74) is 7.55. The van der Waals surface area contributed by atoms with Gasteiger partial charge in [0.05, 0.1) is 6.61 Å². The summed E-state index contributed by atoms with van der Waals surface area (Å²) in [5, 5.41) is 0. The van der Waals surface area contributed by atoms with Crippen molar-refractivity contribution in [3.63, 3.8) is 0 Å². The molecule has 0 radical (unpaired) electrons. The van der Waals surface area contributed by atoms with Gasteiger partial charge in [-0.05, 0) is 43.4 Å². The highest BCUT2D eigenvalue weighted by molar-refractivity contribution is 5.30. The minimum absolute atomic E-state index is 0.340. The maximum atomic E-state index is 6.18. The van der Waals surface area contributed by atoms with Crippen LogP contribution in [-0.2, 0) is 0 Å². The van der Waals surface area contributed by atoms with Crippen molar-refractivity contribution in [2.75, 3.05) is 6.61 Å². The van der Waals surface area contributed by atoms with E-state index in [-0.39, 0.29) is 0 Å². The molecular weight excluding hydrogens is 198 g/mol. The summed E-state index contributed by atoms with van der Waals surface area (Å²) in [4.78, 5) is 0. The summed E-state index contributed by atoms with van der Waals surface area (Å²) >= 11 is 0. The Morgan fingerprint density at radius 2 is 1.88 bits per heavy atom. The second kappa shape index (κ2) is 5.35. The van der Waals surface area contributed by atoms with Crippen molar-refractivity contribution in [1.29, 1.82) is 0 Å². The minimum atomic E-state index is 0.340. The summed E-state index contributed by atoms with van der Waals surface area (Å²) in [7, 11) is 0. The van der Waals surface area contributed by atoms with E-state index in [0.717, 1.165) is 18.8 Å². The van der Waals surface area contributed by atoms with Gasteiger partial charge in [-0.15, -0.1) is 0 Å². The van der Waals surface area contributed by atoms with E-state index < -0.39 is 0 Å². The van der Waals surface area contributed by atoms with E-state index in [1.807, 2.05) is 6.92 Å². The largest absolute Gasteiger partial charge is 0.494 e. The van der Waals surface area contributed by atoms with Gasteiger partial charge in [0.15, 0.2) is 0 Å². The lowest BCUT2D eigenvalue weighted by atomic mass is 9.80. The van der Waals surface area contributed by atoms with Gasteiger partial charge in [-0.2, -0.15) is 0 Å². The van der Waals surface area contributed by atoms with Gasteiger partial charge < -0.3 is 10.5 Å². The van der Waals surface area contributed by atoms with E-state index in [9.17, 15) is 0 Å². The van der Waals surface area contributed by atoms with Crippen LogP contribution in [0.1, 0.15) is 44.1 Å². The molecule has 1 saturated carbocycles. The summed E-state index contributed by atoms with van der Waals surface area (Å²) in [6.07, 6.45) is 4.99. The molecule has 0 spiro atoms. The molecule has 88 valence electrons. The molecule has 2 atom stereocenters. The molecule has 1 aliphatic rings. The van der Waals surface area contributed by atoms with Gasteiger partial charge in [-0.1, -0.05) is 25.0 Å². The SMILES string of the molecule is CCOc1ccc(C2CCCCC2N)cc1. The third-order valence-electron chi connectivity index (χ3n) is 3.44. The molecule has 2 N–H and O–H groups in total. The molecule has 0 amide bonds. The summed E-state index contributed by atoms with van der Waals surface area (Å²) < 4.78 is 5.44. The van der Waals surface area contributed by atoms with Crippen molar-refractivity contribution in [3.05, 3.63) is 29.8 Å². The molecule has 2 heteroatoms. The Kier molecular flexibility index (Phi) is 3.83. The van der Waals surface area contributed by atoms with Crippen molar-refractivity contribution < 1.29 is 4.74 Å². The van der Waals surface area contributed by atoms with Gasteiger partial charge in [-0.25, -0.2) is 0 Å². The Labute approximate surface area is 97.8 Å². The lowest BCUT2D eigenvalue weighted by molar-refractivity contribution is 0.339. The maximum Gasteiger partial charge on any atom is 0.119 e. The number of rotatable bonds is 3. The Morgan fingerprint density at radius 1 is 1.19 bits per heavy atom. The predicted molar refractivity (Wildman–Crippen MR) is 66.8 cm³/mol. The molecule has 1 aromatic carbocycles. The second-order valence-electron chi connectivity index (χ2n) is 4.56. The standard InChI is InChI=1S/C14H21NO/c1-2-16-12-9-7-11(8-10-12)13-5-3-4-6-14(13)15/h7-10,13-14H,2-6,15H2,1H3. The highest BCUT2D eigenvalue weighted by Gasteiger charge is 2.22. The Bertz CT molecular complexity index is 320. The fourth-order valence-corrected chi connectivity index (χ4v) is 2.55. The molecule has 1 aromatic rings. The highest BCUT2D eigenvalue weighted by atomic mass is 16.5. The van der Waals surface area contributed by atoms with Gasteiger partial charge in [-0.3, -0.25) is 0 Å². The summed E-state index contributed by atoms with van der Waals surface area (Å²) in [5.74, 6) is 1.50. The Morgan fingerprint density at radius 3 is 2.50 bits per heavy atom. The monoisotopic (exact) mass is 219 g/mol. The summed E-state index contributed by atoms with van der Waals surface area (Å²) in [6.45, 7) is 2.73. The van der Waals surface area contributed by atoms with Crippen LogP contribution in [0.5, 0.6) is 5.75 Å². The van der Waals surface area contributed by atoms with E-state index in [1.165, 1.54) is 24.8 Å². The molecule has 0 bridgehead atoms. The van der Waals surface area contributed by atoms with Gasteiger partial charge >= 0.3 is 0 Å². The molecular formula is C14H21NO. The highest BCUT2D eigenvalue weighted by Crippen LogP contribution is 2.32. The molecule has 0 heterocycles. The van der Waals surface area contributed by atoms with Gasteiger partial charge in [0.25, 0.3) is 0 Å². The average Bonchev–Trinajstić information content (AvgIpc) is 2.31. The molecule has 2 nitrogen and oxygen atoms in total. The van der Waals surface area contributed by atoms with Crippen LogP contribution in [0.15, 0.2) is 24.3 Å². The van der Waals surface area contributed by atoms with E-state index >= 15 is 0 Å². The lowest BCUT2D eigenvalue weighted by Crippen LogP contribution is -2.31. The first-order valence-electron chi connectivity index (χ1n) is 6.29. The number of benzene rings is 1. The molecule has 1 fully saturated rings. The van der Waals surface area contributed by atoms with E-state index in [4.69, 9.17) is 10.5 Å². The van der Waals surface area contributed by atoms with Crippen LogP contribution < -0.4 is 10.5 Å². The van der Waals surface area contributed by atoms with E-state index in [2.05, 4.69) is 24.3 Å². The number of hydrogen-bond acceptors (Lipinski definition) is 2. The van der Waals surface area contributed by atoms with Crippen LogP contribution in [-0.4, -0.2) is 12.6 Å². The predicted octanol–water partition coefficient (Wildman–Crippen LogP) is 3.07. The third kappa shape index (κ3) is 2.56. The molecule has 0 aromatic heterocycles. The first kappa shape index (κ1) is 11.5. The molecule has 2 unspecified atom stereocenters. The van der Waals surface area contributed by atoms with E-state index in [0.29, 0.717) is 12.0 Å². The quantitative estimate of drug-likeness (QED) is 0.848. The van der Waals surface area contributed by atoms with Crippen LogP contribution in [0, 0.1) is 0 Å². The minimum Gasteiger partial charge on any atom is -0.494 e. The Hall–Kier alpha value is -1.02. The van der Waals surface area contributed by atoms with Crippen LogP contribution in [0.25, 0.3) is 0 Å². The first-order valence-corrected chi connectivity index (χ1v) is 6.29. The van der Waals surface area contributed by atoms with Gasteiger partial charge in [0.2, 0.25) is 0 Å². The zero-order valence-electron chi connectivity index (χ0n) is 9.99. The fraction of sp³-hybridized carbons (Fsp3) is 0.571. The van der Waals surface area contributed by atoms with Crippen molar-refractivity contribution in [3.8, 4) is 5.75 Å². The molecule has 0 aliphatic heterocycles. The third-order valence-corrected chi connectivity index (χ3v) is 3.44. The second-order valence-corrected chi connectivity index (χ2v) is 4.56. The Balaban J connectivity index is 2.08. The fourth-order valence-electron chi connectivity index (χ4n) is 2.55. The van der Waals surface area contributed by atoms with Gasteiger partial charge in [0.1, 0.15) is 5.75 Å². The topological polar surface area (TPSA) is 35.2 Å². The smallest absolute Gasteiger partial charge is 0.119 e. The van der Waals surface area contributed by atoms with Crippen LogP contribution >= 0.6 is 0 Å². The average molecular weight is 219 g/mol. The zero-order valence-corrected chi connectivity index (χ0v) is 9.99. The summed E-state index contributed by atoms with van der Waals surface area (Å²) in [6, 6.07) is 8.79. The number of hydrogen-bond donors (Lipinski definition) is 1. The first-order chi connectivity index (χ1) is 7.81. The normalized spacial score (nSPS) is 25.4. The van der Waals surface area contributed by atoms with Gasteiger partial charge in [0, 0.05) is 6.04 Å². The molecule has 0 saturated heterocycles. The van der Waals surface area contributed by atoms with E-state index in [1.54, 1.807) is 0 Å². The molecule has 2 rings (SSSR count). The maximum absolute atomic E-state index is 6.18. The lowest BCUT2D eigenvalue weighted by Gasteiger charge is -2.29. The molecule has 16 heavy (non-hydrogen) atoms. The van der Waals surface area contributed by atoms with Crippen LogP contribution in [0.3, 0.4) is 0 Å².